The molecule has 6 N–H and O–H groups in total. The van der Waals surface area contributed by atoms with Gasteiger partial charge in [0.05, 0.1) is 13.2 Å². The molecule has 8 atom stereocenters. The molecule has 0 aliphatic carbocycles. The largest absolute Gasteiger partial charge is 0.481 e. The maximum absolute atomic E-state index is 12.9. The monoisotopic (exact) mass is 1150 g/mol. The van der Waals surface area contributed by atoms with E-state index in [0.717, 1.165) is 61.3 Å². The molecule has 0 aromatic carbocycles. The van der Waals surface area contributed by atoms with Gasteiger partial charge in [0.15, 0.2) is 12.3 Å². The van der Waals surface area contributed by atoms with E-state index in [1.165, 1.54) is 186 Å². The Bertz CT molecular complexity index is 1840. The van der Waals surface area contributed by atoms with Crippen molar-refractivity contribution in [3.05, 3.63) is 22.7 Å². The number of nitrogens with two attached hydrogens (primary N) is 1. The SMILES string of the molecule is CCC(C)CCCCCCCCCCCCCCCCCCCCC(=O)OC[C@H](COP(=O)(O)OP(=O)(O)OC[C@H]1O[C@@H](n2ccc(N)nc2=O)C(O)[C@H]1O)OC(=O)CCCCCCCCCCCCCCCCCC(C)C. The van der Waals surface area contributed by atoms with Crippen LogP contribution in [0.3, 0.4) is 0 Å². The molecular weight excluding hydrogens is 1040 g/mol. The summed E-state index contributed by atoms with van der Waals surface area (Å²) in [6.45, 7) is 6.94. The van der Waals surface area contributed by atoms with E-state index in [2.05, 4.69) is 37.0 Å². The fourth-order valence-corrected chi connectivity index (χ4v) is 11.9. The quantitative estimate of drug-likeness (QED) is 0.0230. The van der Waals surface area contributed by atoms with E-state index in [1.807, 2.05) is 0 Å². The highest BCUT2D eigenvalue weighted by Crippen LogP contribution is 2.60. The van der Waals surface area contributed by atoms with Gasteiger partial charge in [-0.1, -0.05) is 246 Å². The summed E-state index contributed by atoms with van der Waals surface area (Å²) < 4.78 is 57.1. The number of nitrogen functional groups attached to an aromatic ring is 1. The fraction of sp³-hybridized carbons (Fsp3) is 0.897. The summed E-state index contributed by atoms with van der Waals surface area (Å²) in [7, 11) is -10.8. The molecule has 0 spiro atoms. The maximum Gasteiger partial charge on any atom is 0.481 e. The van der Waals surface area contributed by atoms with Crippen molar-refractivity contribution >= 4 is 33.4 Å². The minimum Gasteiger partial charge on any atom is -0.462 e. The lowest BCUT2D eigenvalue weighted by Crippen LogP contribution is -2.36. The standard InChI is InChI=1S/C58H109N3O15P2/c1-5-49(4)40-36-32-28-24-20-16-12-8-6-7-9-13-17-21-25-29-33-37-41-53(62)71-45-50(74-54(63)42-38-34-30-26-22-18-14-10-11-15-19-23-27-31-35-39-48(2)3)46-72-77(67,68)76-78(69,70)73-47-51-55(64)56(65)57(75-51)61-44-43-52(59)60-58(61)66/h43-44,48-51,55-57,64-65H,5-42,45-47H2,1-4H3,(H,67,68)(H,69,70)(H2,59,60,66)/t49?,50-,51-,55+,56?,57-/m1/s1. The number of carbonyl (C=O) groups excluding carboxylic acids is 2. The molecule has 78 heavy (non-hydrogen) atoms. The summed E-state index contributed by atoms with van der Waals surface area (Å²) in [5.41, 5.74) is 4.61. The lowest BCUT2D eigenvalue weighted by molar-refractivity contribution is -0.161. The predicted octanol–water partition coefficient (Wildman–Crippen LogP) is 14.3. The van der Waals surface area contributed by atoms with Crippen LogP contribution in [0.1, 0.15) is 278 Å². The Labute approximate surface area is 470 Å². The van der Waals surface area contributed by atoms with Crippen LogP contribution < -0.4 is 11.4 Å². The first-order chi connectivity index (χ1) is 37.4. The van der Waals surface area contributed by atoms with Crippen LogP contribution in [0.5, 0.6) is 0 Å². The summed E-state index contributed by atoms with van der Waals surface area (Å²) in [4.78, 5) is 62.3. The highest BCUT2D eigenvalue weighted by atomic mass is 31.3. The van der Waals surface area contributed by atoms with Crippen molar-refractivity contribution in [3.63, 3.8) is 0 Å². The van der Waals surface area contributed by atoms with Crippen LogP contribution >= 0.6 is 15.6 Å². The molecule has 1 aliphatic heterocycles. The number of ether oxygens (including phenoxy) is 3. The van der Waals surface area contributed by atoms with Gasteiger partial charge in [-0.15, -0.1) is 0 Å². The molecule has 4 unspecified atom stereocenters. The molecule has 1 aromatic rings. The average Bonchev–Trinajstić information content (AvgIpc) is 3.73. The summed E-state index contributed by atoms with van der Waals surface area (Å²) in [5.74, 6) is 0.407. The van der Waals surface area contributed by atoms with Crippen molar-refractivity contribution in [2.24, 2.45) is 11.8 Å². The van der Waals surface area contributed by atoms with Gasteiger partial charge in [-0.05, 0) is 30.7 Å². The molecule has 1 fully saturated rings. The average molecular weight is 1150 g/mol. The zero-order chi connectivity index (χ0) is 57.3. The van der Waals surface area contributed by atoms with Gasteiger partial charge in [-0.25, -0.2) is 13.9 Å². The Balaban J connectivity index is 1.71. The zero-order valence-electron chi connectivity index (χ0n) is 48.8. The molecule has 18 nitrogen and oxygen atoms in total. The number of anilines is 1. The first-order valence-corrected chi connectivity index (χ1v) is 33.8. The Morgan fingerprint density at radius 1 is 0.615 bits per heavy atom. The van der Waals surface area contributed by atoms with Crippen LogP contribution in [0.2, 0.25) is 0 Å². The highest BCUT2D eigenvalue weighted by molar-refractivity contribution is 7.61. The second-order valence-electron chi connectivity index (χ2n) is 22.6. The van der Waals surface area contributed by atoms with Crippen LogP contribution in [0, 0.1) is 11.8 Å². The summed E-state index contributed by atoms with van der Waals surface area (Å²) in [6.07, 6.45) is 37.4. The second-order valence-corrected chi connectivity index (χ2v) is 25.7. The number of phosphoric ester groups is 2. The summed E-state index contributed by atoms with van der Waals surface area (Å²) >= 11 is 0. The molecule has 1 aromatic heterocycles. The first-order valence-electron chi connectivity index (χ1n) is 30.8. The van der Waals surface area contributed by atoms with Gasteiger partial charge < -0.3 is 39.9 Å². The van der Waals surface area contributed by atoms with E-state index >= 15 is 0 Å². The number of aromatic nitrogens is 2. The van der Waals surface area contributed by atoms with E-state index in [4.69, 9.17) is 29.0 Å². The van der Waals surface area contributed by atoms with Gasteiger partial charge in [-0.3, -0.25) is 23.2 Å². The van der Waals surface area contributed by atoms with Crippen LogP contribution in [0.4, 0.5) is 5.82 Å². The lowest BCUT2D eigenvalue weighted by Gasteiger charge is -2.21. The number of carbonyl (C=O) groups is 2. The van der Waals surface area contributed by atoms with Gasteiger partial charge in [-0.2, -0.15) is 9.29 Å². The third-order valence-corrected chi connectivity index (χ3v) is 17.5. The lowest BCUT2D eigenvalue weighted by atomic mass is 9.99. The molecule has 0 radical (unpaired) electrons. The number of rotatable bonds is 52. The number of hydrogen-bond acceptors (Lipinski definition) is 15. The summed E-state index contributed by atoms with van der Waals surface area (Å²) in [6, 6.07) is 1.25. The van der Waals surface area contributed by atoms with Crippen molar-refractivity contribution in [1.29, 1.82) is 0 Å². The van der Waals surface area contributed by atoms with Crippen LogP contribution in [0.15, 0.2) is 17.1 Å². The molecular formula is C58H109N3O15P2. The first kappa shape index (κ1) is 71.9. The van der Waals surface area contributed by atoms with Crippen LogP contribution in [0.25, 0.3) is 0 Å². The minimum atomic E-state index is -5.43. The van der Waals surface area contributed by atoms with E-state index in [-0.39, 0.29) is 18.7 Å². The van der Waals surface area contributed by atoms with Crippen molar-refractivity contribution in [2.45, 2.75) is 302 Å². The Kier molecular flexibility index (Phi) is 40.9. The Hall–Kier alpha value is -2.24. The normalized spacial score (nSPS) is 18.9. The number of nitrogens with zero attached hydrogens (tertiary/aromatic N) is 2. The molecule has 2 rings (SSSR count). The summed E-state index contributed by atoms with van der Waals surface area (Å²) in [5, 5.41) is 21.0. The molecule has 0 bridgehead atoms. The van der Waals surface area contributed by atoms with Crippen molar-refractivity contribution in [3.8, 4) is 0 Å². The molecule has 20 heteroatoms. The van der Waals surface area contributed by atoms with E-state index < -0.39 is 83.7 Å². The third kappa shape index (κ3) is 37.0. The van der Waals surface area contributed by atoms with Gasteiger partial charge >= 0.3 is 33.3 Å². The maximum atomic E-state index is 12.9. The predicted molar refractivity (Wildman–Crippen MR) is 307 cm³/mol. The van der Waals surface area contributed by atoms with Gasteiger partial charge in [0.25, 0.3) is 0 Å². The van der Waals surface area contributed by atoms with E-state index in [0.29, 0.717) is 12.8 Å². The van der Waals surface area contributed by atoms with Crippen molar-refractivity contribution in [1.82, 2.24) is 9.55 Å². The van der Waals surface area contributed by atoms with Gasteiger partial charge in [0.2, 0.25) is 0 Å². The molecule has 456 valence electrons. The van der Waals surface area contributed by atoms with Crippen molar-refractivity contribution < 1.29 is 66.3 Å². The topological polar surface area (TPSA) is 265 Å². The van der Waals surface area contributed by atoms with Crippen LogP contribution in [-0.2, 0) is 46.3 Å². The number of hydrogen-bond donors (Lipinski definition) is 5. The number of aliphatic hydroxyl groups excluding tert-OH is 2. The van der Waals surface area contributed by atoms with Gasteiger partial charge in [0, 0.05) is 19.0 Å². The number of phosphoric acid groups is 2. The number of aliphatic hydroxyl groups is 2. The smallest absolute Gasteiger partial charge is 0.462 e. The Morgan fingerprint density at radius 2 is 1.03 bits per heavy atom. The second kappa shape index (κ2) is 44.4. The molecule has 0 amide bonds. The van der Waals surface area contributed by atoms with Gasteiger partial charge in [0.1, 0.15) is 30.7 Å². The molecule has 1 aliphatic rings. The fourth-order valence-electron chi connectivity index (χ4n) is 9.77. The Morgan fingerprint density at radius 3 is 1.46 bits per heavy atom. The third-order valence-electron chi connectivity index (χ3n) is 14.9. The highest BCUT2D eigenvalue weighted by Gasteiger charge is 2.46. The van der Waals surface area contributed by atoms with Crippen molar-refractivity contribution in [2.75, 3.05) is 25.6 Å². The molecule has 1 saturated heterocycles. The van der Waals surface area contributed by atoms with E-state index in [1.54, 1.807) is 0 Å². The zero-order valence-corrected chi connectivity index (χ0v) is 50.6. The number of esters is 2. The van der Waals surface area contributed by atoms with E-state index in [9.17, 15) is 43.5 Å². The molecule has 2 heterocycles. The minimum absolute atomic E-state index is 0.0579. The molecule has 0 saturated carbocycles. The number of unbranched alkanes of at least 4 members (excludes halogenated alkanes) is 31. The van der Waals surface area contributed by atoms with Crippen LogP contribution in [-0.4, -0.2) is 85.7 Å².